The zero-order valence-electron chi connectivity index (χ0n) is 21.9. The number of aryl methyl sites for hydroxylation is 1. The molecule has 2 aromatic carbocycles. The first-order chi connectivity index (χ1) is 17.0. The lowest BCUT2D eigenvalue weighted by Crippen LogP contribution is -2.49. The zero-order chi connectivity index (χ0) is 26.9. The molecule has 2 aromatic rings. The highest BCUT2D eigenvalue weighted by Crippen LogP contribution is 2.25. The van der Waals surface area contributed by atoms with Gasteiger partial charge in [0.25, 0.3) is 0 Å². The lowest BCUT2D eigenvalue weighted by molar-refractivity contribution is -0.141. The van der Waals surface area contributed by atoms with Gasteiger partial charge in [0.05, 0.1) is 11.9 Å². The number of anilines is 1. The number of halogens is 1. The summed E-state index contributed by atoms with van der Waals surface area (Å²) in [6.45, 7) is 8.39. The summed E-state index contributed by atoms with van der Waals surface area (Å²) >= 11 is 0. The number of nitrogens with one attached hydrogen (secondary N) is 1. The summed E-state index contributed by atoms with van der Waals surface area (Å²) in [6.07, 6.45) is 2.69. The lowest BCUT2D eigenvalue weighted by atomic mass is 10.1. The Morgan fingerprint density at radius 2 is 1.72 bits per heavy atom. The zero-order valence-corrected chi connectivity index (χ0v) is 22.7. The van der Waals surface area contributed by atoms with Crippen LogP contribution in [0.3, 0.4) is 0 Å². The van der Waals surface area contributed by atoms with Crippen molar-refractivity contribution in [3.63, 3.8) is 0 Å². The van der Waals surface area contributed by atoms with Crippen LogP contribution in [0.25, 0.3) is 0 Å². The highest BCUT2D eigenvalue weighted by atomic mass is 32.2. The van der Waals surface area contributed by atoms with Crippen molar-refractivity contribution >= 4 is 27.5 Å². The van der Waals surface area contributed by atoms with Crippen LogP contribution in [0.2, 0.25) is 0 Å². The van der Waals surface area contributed by atoms with E-state index in [0.717, 1.165) is 23.8 Å². The van der Waals surface area contributed by atoms with E-state index < -0.39 is 16.1 Å². The molecule has 0 aliphatic heterocycles. The molecule has 2 rings (SSSR count). The Morgan fingerprint density at radius 1 is 1.06 bits per heavy atom. The summed E-state index contributed by atoms with van der Waals surface area (Å²) < 4.78 is 39.9. The molecule has 1 N–H and O–H groups in total. The van der Waals surface area contributed by atoms with Gasteiger partial charge in [-0.2, -0.15) is 0 Å². The van der Waals surface area contributed by atoms with Crippen molar-refractivity contribution in [3.05, 3.63) is 65.0 Å². The number of sulfonamides is 1. The van der Waals surface area contributed by atoms with Crippen LogP contribution in [0.15, 0.2) is 42.5 Å². The largest absolute Gasteiger partial charge is 0.354 e. The van der Waals surface area contributed by atoms with Gasteiger partial charge < -0.3 is 10.2 Å². The van der Waals surface area contributed by atoms with Gasteiger partial charge in [-0.1, -0.05) is 38.1 Å². The maximum Gasteiger partial charge on any atom is 0.242 e. The number of hydrogen-bond acceptors (Lipinski definition) is 4. The number of benzene rings is 2. The minimum atomic E-state index is -3.56. The van der Waals surface area contributed by atoms with Crippen LogP contribution >= 0.6 is 0 Å². The Labute approximate surface area is 214 Å². The van der Waals surface area contributed by atoms with Gasteiger partial charge in [0.2, 0.25) is 21.8 Å². The van der Waals surface area contributed by atoms with Crippen LogP contribution < -0.4 is 9.62 Å². The Kier molecular flexibility index (Phi) is 10.9. The van der Waals surface area contributed by atoms with Crippen LogP contribution in [0.4, 0.5) is 10.1 Å². The minimum absolute atomic E-state index is 0.0651. The molecule has 0 aliphatic carbocycles. The van der Waals surface area contributed by atoms with Crippen LogP contribution in [-0.4, -0.2) is 50.5 Å². The van der Waals surface area contributed by atoms with Gasteiger partial charge in [-0.25, -0.2) is 12.8 Å². The van der Waals surface area contributed by atoms with E-state index in [4.69, 9.17) is 0 Å². The molecule has 0 unspecified atom stereocenters. The average molecular weight is 520 g/mol. The standard InChI is InChI=1S/C27H38FN3O4S/c1-6-17-29-27(33)24(7-2)30(19-22-13-15-23(28)16-14-22)26(32)12-9-18-31(36(5,34)35)25-11-8-10-20(3)21(25)4/h8,10-11,13-16,24H,6-7,9,12,17-19H2,1-5H3,(H,29,33)/t24-/m1/s1. The molecule has 0 radical (unpaired) electrons. The molecule has 0 fully saturated rings. The Balaban J connectivity index is 2.23. The average Bonchev–Trinajstić information content (AvgIpc) is 2.82. The lowest BCUT2D eigenvalue weighted by Gasteiger charge is -2.31. The van der Waals surface area contributed by atoms with Crippen LogP contribution in [0.5, 0.6) is 0 Å². The van der Waals surface area contributed by atoms with Crippen molar-refractivity contribution in [1.82, 2.24) is 10.2 Å². The fraction of sp³-hybridized carbons (Fsp3) is 0.481. The molecule has 36 heavy (non-hydrogen) atoms. The van der Waals surface area contributed by atoms with Crippen LogP contribution in [0, 0.1) is 19.7 Å². The second-order valence-corrected chi connectivity index (χ2v) is 10.9. The van der Waals surface area contributed by atoms with E-state index in [0.29, 0.717) is 24.2 Å². The van der Waals surface area contributed by atoms with E-state index in [2.05, 4.69) is 5.32 Å². The molecule has 0 heterocycles. The SMILES string of the molecule is CCCNC(=O)[C@@H](CC)N(Cc1ccc(F)cc1)C(=O)CCCN(c1cccc(C)c1C)S(C)(=O)=O. The quantitative estimate of drug-likeness (QED) is 0.427. The van der Waals surface area contributed by atoms with Crippen molar-refractivity contribution < 1.29 is 22.4 Å². The van der Waals surface area contributed by atoms with Crippen molar-refractivity contribution in [2.45, 2.75) is 66.0 Å². The number of amides is 2. The van der Waals surface area contributed by atoms with Crippen LogP contribution in [0.1, 0.15) is 56.2 Å². The van der Waals surface area contributed by atoms with E-state index in [1.165, 1.54) is 21.3 Å². The Morgan fingerprint density at radius 3 is 2.31 bits per heavy atom. The van der Waals surface area contributed by atoms with E-state index in [9.17, 15) is 22.4 Å². The molecule has 0 bridgehead atoms. The predicted octanol–water partition coefficient (Wildman–Crippen LogP) is 4.32. The van der Waals surface area contributed by atoms with Crippen molar-refractivity contribution in [2.75, 3.05) is 23.7 Å². The number of nitrogens with zero attached hydrogens (tertiary/aromatic N) is 2. The van der Waals surface area contributed by atoms with Crippen molar-refractivity contribution in [1.29, 1.82) is 0 Å². The third-order valence-corrected chi connectivity index (χ3v) is 7.38. The maximum absolute atomic E-state index is 13.4. The molecule has 0 aliphatic rings. The van der Waals surface area contributed by atoms with Crippen molar-refractivity contribution in [3.8, 4) is 0 Å². The van der Waals surface area contributed by atoms with E-state index in [1.54, 1.807) is 18.2 Å². The normalized spacial score (nSPS) is 12.2. The summed E-state index contributed by atoms with van der Waals surface area (Å²) in [6, 6.07) is 10.7. The van der Waals surface area contributed by atoms with Gasteiger partial charge in [-0.3, -0.25) is 13.9 Å². The van der Waals surface area contributed by atoms with Gasteiger partial charge in [0.1, 0.15) is 11.9 Å². The topological polar surface area (TPSA) is 86.8 Å². The van der Waals surface area contributed by atoms with Gasteiger partial charge >= 0.3 is 0 Å². The van der Waals surface area contributed by atoms with Gasteiger partial charge in [0, 0.05) is 26.1 Å². The molecule has 0 saturated heterocycles. The Hall–Kier alpha value is -2.94. The van der Waals surface area contributed by atoms with E-state index >= 15 is 0 Å². The highest BCUT2D eigenvalue weighted by Gasteiger charge is 2.29. The monoisotopic (exact) mass is 519 g/mol. The molecular formula is C27H38FN3O4S. The Bertz CT molecular complexity index is 1140. The summed E-state index contributed by atoms with van der Waals surface area (Å²) in [5.74, 6) is -0.869. The highest BCUT2D eigenvalue weighted by molar-refractivity contribution is 7.92. The first-order valence-corrected chi connectivity index (χ1v) is 14.2. The fourth-order valence-corrected chi connectivity index (χ4v) is 5.08. The molecule has 2 amide bonds. The van der Waals surface area contributed by atoms with Crippen LogP contribution in [-0.2, 0) is 26.2 Å². The number of carbonyl (C=O) groups is 2. The third kappa shape index (κ3) is 8.05. The summed E-state index contributed by atoms with van der Waals surface area (Å²) in [7, 11) is -3.56. The summed E-state index contributed by atoms with van der Waals surface area (Å²) in [4.78, 5) is 27.7. The second-order valence-electron chi connectivity index (χ2n) is 9.02. The summed E-state index contributed by atoms with van der Waals surface area (Å²) in [5, 5.41) is 2.86. The molecule has 7 nitrogen and oxygen atoms in total. The molecule has 0 saturated carbocycles. The molecule has 0 aromatic heterocycles. The number of rotatable bonds is 13. The minimum Gasteiger partial charge on any atom is -0.354 e. The fourth-order valence-electron chi connectivity index (χ4n) is 4.06. The molecule has 198 valence electrons. The second kappa shape index (κ2) is 13.4. The number of hydrogen-bond donors (Lipinski definition) is 1. The molecule has 0 spiro atoms. The smallest absolute Gasteiger partial charge is 0.242 e. The number of carbonyl (C=O) groups excluding carboxylic acids is 2. The predicted molar refractivity (Wildman–Crippen MR) is 142 cm³/mol. The first kappa shape index (κ1) is 29.3. The van der Waals surface area contributed by atoms with E-state index in [1.807, 2.05) is 39.8 Å². The van der Waals surface area contributed by atoms with Gasteiger partial charge in [0.15, 0.2) is 0 Å². The molecule has 1 atom stereocenters. The first-order valence-electron chi connectivity index (χ1n) is 12.3. The maximum atomic E-state index is 13.4. The molecular weight excluding hydrogens is 481 g/mol. The van der Waals surface area contributed by atoms with Gasteiger partial charge in [-0.05, 0) is 68.0 Å². The summed E-state index contributed by atoms with van der Waals surface area (Å²) in [5.41, 5.74) is 3.15. The third-order valence-electron chi connectivity index (χ3n) is 6.20. The van der Waals surface area contributed by atoms with Gasteiger partial charge in [-0.15, -0.1) is 0 Å². The van der Waals surface area contributed by atoms with E-state index in [-0.39, 0.29) is 43.6 Å². The van der Waals surface area contributed by atoms with Crippen molar-refractivity contribution in [2.24, 2.45) is 0 Å². The molecule has 9 heteroatoms.